The molecule has 0 fully saturated rings. The summed E-state index contributed by atoms with van der Waals surface area (Å²) in [6.07, 6.45) is 0.892. The molecule has 1 aliphatic heterocycles. The first-order chi connectivity index (χ1) is 11.1. The van der Waals surface area contributed by atoms with Gasteiger partial charge in [-0.2, -0.15) is 0 Å². The zero-order chi connectivity index (χ0) is 16.4. The van der Waals surface area contributed by atoms with Crippen LogP contribution in [0.15, 0.2) is 48.5 Å². The fourth-order valence-electron chi connectivity index (χ4n) is 3.30. The Morgan fingerprint density at radius 2 is 1.91 bits per heavy atom. The van der Waals surface area contributed by atoms with E-state index in [1.165, 1.54) is 5.56 Å². The minimum absolute atomic E-state index is 0.191. The van der Waals surface area contributed by atoms with Gasteiger partial charge in [0.05, 0.1) is 7.11 Å². The maximum Gasteiger partial charge on any atom is 0.234 e. The van der Waals surface area contributed by atoms with Crippen LogP contribution in [0.2, 0.25) is 0 Å². The van der Waals surface area contributed by atoms with Gasteiger partial charge in [0, 0.05) is 24.1 Å². The van der Waals surface area contributed by atoms with Crippen LogP contribution < -0.4 is 9.64 Å². The van der Waals surface area contributed by atoms with Gasteiger partial charge in [-0.3, -0.25) is 10.1 Å². The van der Waals surface area contributed by atoms with E-state index >= 15 is 0 Å². The lowest BCUT2D eigenvalue weighted by Crippen LogP contribution is -2.43. The first-order valence-corrected chi connectivity index (χ1v) is 7.74. The maximum atomic E-state index is 11.4. The van der Waals surface area contributed by atoms with Gasteiger partial charge in [-0.25, -0.2) is 0 Å². The van der Waals surface area contributed by atoms with Gasteiger partial charge in [0.25, 0.3) is 0 Å². The molecule has 5 heteroatoms. The van der Waals surface area contributed by atoms with Gasteiger partial charge >= 0.3 is 0 Å². The fourth-order valence-corrected chi connectivity index (χ4v) is 3.30. The van der Waals surface area contributed by atoms with Crippen molar-refractivity contribution < 1.29 is 9.66 Å². The Morgan fingerprint density at radius 1 is 1.22 bits per heavy atom. The molecule has 2 aromatic carbocycles. The molecule has 0 spiro atoms. The third-order valence-corrected chi connectivity index (χ3v) is 4.53. The van der Waals surface area contributed by atoms with Crippen LogP contribution in [-0.4, -0.2) is 24.6 Å². The Morgan fingerprint density at radius 3 is 2.57 bits per heavy atom. The van der Waals surface area contributed by atoms with Crippen molar-refractivity contribution in [1.82, 2.24) is 0 Å². The first kappa shape index (κ1) is 15.3. The molecule has 1 aliphatic rings. The van der Waals surface area contributed by atoms with Crippen molar-refractivity contribution in [2.24, 2.45) is 0 Å². The molecule has 0 saturated carbocycles. The van der Waals surface area contributed by atoms with Gasteiger partial charge in [-0.1, -0.05) is 24.3 Å². The Labute approximate surface area is 135 Å². The van der Waals surface area contributed by atoms with Crippen molar-refractivity contribution in [3.8, 4) is 5.75 Å². The summed E-state index contributed by atoms with van der Waals surface area (Å²) in [6.45, 7) is 2.45. The highest BCUT2D eigenvalue weighted by molar-refractivity contribution is 5.54. The monoisotopic (exact) mass is 312 g/mol. The molecule has 23 heavy (non-hydrogen) atoms. The van der Waals surface area contributed by atoms with Crippen molar-refractivity contribution in [2.45, 2.75) is 25.4 Å². The van der Waals surface area contributed by atoms with E-state index in [9.17, 15) is 10.1 Å². The summed E-state index contributed by atoms with van der Waals surface area (Å²) in [6, 6.07) is 14.8. The maximum absolute atomic E-state index is 11.4. The lowest BCUT2D eigenvalue weighted by Gasteiger charge is -2.39. The molecule has 1 heterocycles. The second-order valence-corrected chi connectivity index (χ2v) is 5.81. The number of benzene rings is 2. The van der Waals surface area contributed by atoms with Crippen LogP contribution in [0.4, 0.5) is 5.69 Å². The molecule has 0 N–H and O–H groups in total. The lowest BCUT2D eigenvalue weighted by molar-refractivity contribution is -0.522. The van der Waals surface area contributed by atoms with Gasteiger partial charge in [0.15, 0.2) is 0 Å². The molecule has 2 atom stereocenters. The highest BCUT2D eigenvalue weighted by Gasteiger charge is 2.37. The number of fused-ring (bicyclic) bond motifs is 1. The van der Waals surface area contributed by atoms with Crippen LogP contribution in [-0.2, 0) is 6.42 Å². The van der Waals surface area contributed by atoms with Crippen molar-refractivity contribution in [1.29, 1.82) is 0 Å². The third-order valence-electron chi connectivity index (χ3n) is 4.53. The predicted molar refractivity (Wildman–Crippen MR) is 89.7 cm³/mol. The second kappa shape index (κ2) is 6.28. The molecule has 0 aromatic heterocycles. The second-order valence-electron chi connectivity index (χ2n) is 5.81. The first-order valence-electron chi connectivity index (χ1n) is 7.74. The van der Waals surface area contributed by atoms with Crippen molar-refractivity contribution >= 4 is 5.69 Å². The largest absolute Gasteiger partial charge is 0.497 e. The number of nitro groups is 1. The van der Waals surface area contributed by atoms with Crippen LogP contribution in [0.1, 0.15) is 24.1 Å². The Kier molecular flexibility index (Phi) is 4.19. The van der Waals surface area contributed by atoms with E-state index in [0.29, 0.717) is 0 Å². The molecule has 120 valence electrons. The van der Waals surface area contributed by atoms with E-state index in [2.05, 4.69) is 11.0 Å². The number of ether oxygens (including phenoxy) is 1. The quantitative estimate of drug-likeness (QED) is 0.641. The minimum Gasteiger partial charge on any atom is -0.497 e. The van der Waals surface area contributed by atoms with Gasteiger partial charge in [-0.15, -0.1) is 0 Å². The zero-order valence-electron chi connectivity index (χ0n) is 13.3. The summed E-state index contributed by atoms with van der Waals surface area (Å²) in [4.78, 5) is 13.4. The number of nitrogens with zero attached hydrogens (tertiary/aromatic N) is 2. The number of hydrogen-bond donors (Lipinski definition) is 0. The summed E-state index contributed by atoms with van der Waals surface area (Å²) in [5.41, 5.74) is 3.24. The summed E-state index contributed by atoms with van der Waals surface area (Å²) in [7, 11) is 1.63. The summed E-state index contributed by atoms with van der Waals surface area (Å²) in [5, 5.41) is 11.4. The number of rotatable bonds is 4. The molecule has 3 rings (SSSR count). The summed E-state index contributed by atoms with van der Waals surface area (Å²) in [5.74, 6) is 0.782. The fraction of sp³-hybridized carbons (Fsp3) is 0.333. The van der Waals surface area contributed by atoms with E-state index in [-0.39, 0.29) is 11.0 Å². The van der Waals surface area contributed by atoms with Crippen LogP contribution >= 0.6 is 0 Å². The van der Waals surface area contributed by atoms with Gasteiger partial charge in [0.1, 0.15) is 11.8 Å². The Bertz CT molecular complexity index is 700. The van der Waals surface area contributed by atoms with Crippen LogP contribution in [0.5, 0.6) is 5.75 Å². The van der Waals surface area contributed by atoms with Gasteiger partial charge in [0.2, 0.25) is 6.04 Å². The summed E-state index contributed by atoms with van der Waals surface area (Å²) < 4.78 is 5.20. The third kappa shape index (κ3) is 2.86. The highest BCUT2D eigenvalue weighted by atomic mass is 16.6. The SMILES string of the molecule is COc1ccc(N2CCc3ccccc3C2C(C)[N+](=O)[O-])cc1. The Hall–Kier alpha value is -2.56. The zero-order valence-corrected chi connectivity index (χ0v) is 13.3. The molecule has 2 aromatic rings. The molecule has 0 aliphatic carbocycles. The molecular formula is C18H20N2O3. The van der Waals surface area contributed by atoms with E-state index < -0.39 is 6.04 Å². The highest BCUT2D eigenvalue weighted by Crippen LogP contribution is 2.37. The lowest BCUT2D eigenvalue weighted by atomic mass is 9.88. The predicted octanol–water partition coefficient (Wildman–Crippen LogP) is 3.46. The topological polar surface area (TPSA) is 55.6 Å². The van der Waals surface area contributed by atoms with Crippen molar-refractivity contribution in [3.63, 3.8) is 0 Å². The van der Waals surface area contributed by atoms with Crippen LogP contribution in [0.3, 0.4) is 0 Å². The standard InChI is InChI=1S/C18H20N2O3/c1-13(20(21)22)18-17-6-4-3-5-14(17)11-12-19(18)15-7-9-16(23-2)10-8-15/h3-10,13,18H,11-12H2,1-2H3. The average molecular weight is 312 g/mol. The molecule has 0 amide bonds. The number of anilines is 1. The molecule has 0 radical (unpaired) electrons. The minimum atomic E-state index is -0.682. The number of methoxy groups -OCH3 is 1. The van der Waals surface area contributed by atoms with Gasteiger partial charge in [-0.05, 0) is 41.8 Å². The smallest absolute Gasteiger partial charge is 0.234 e. The normalized spacial score (nSPS) is 18.2. The molecule has 2 unspecified atom stereocenters. The van der Waals surface area contributed by atoms with Crippen molar-refractivity contribution in [2.75, 3.05) is 18.6 Å². The average Bonchev–Trinajstić information content (AvgIpc) is 2.60. The molecule has 5 nitrogen and oxygen atoms in total. The Balaban J connectivity index is 2.02. The van der Waals surface area contributed by atoms with E-state index in [1.807, 2.05) is 42.5 Å². The van der Waals surface area contributed by atoms with Crippen LogP contribution in [0, 0.1) is 10.1 Å². The molecule has 0 bridgehead atoms. The molecular weight excluding hydrogens is 292 g/mol. The summed E-state index contributed by atoms with van der Waals surface area (Å²) >= 11 is 0. The molecule has 0 saturated heterocycles. The van der Waals surface area contributed by atoms with E-state index in [1.54, 1.807) is 14.0 Å². The van der Waals surface area contributed by atoms with Crippen LogP contribution in [0.25, 0.3) is 0 Å². The van der Waals surface area contributed by atoms with Gasteiger partial charge < -0.3 is 9.64 Å². The van der Waals surface area contributed by atoms with E-state index in [4.69, 9.17) is 4.74 Å². The number of hydrogen-bond acceptors (Lipinski definition) is 4. The van der Waals surface area contributed by atoms with Crippen molar-refractivity contribution in [3.05, 3.63) is 69.8 Å². The van der Waals surface area contributed by atoms with E-state index in [0.717, 1.165) is 30.0 Å².